The first-order valence-electron chi connectivity index (χ1n) is 7.71. The molecule has 0 saturated heterocycles. The topological polar surface area (TPSA) is 37.4 Å². The largest absolute Gasteiger partial charge is 0.380 e. The summed E-state index contributed by atoms with van der Waals surface area (Å²) in [5.74, 6) is 0. The van der Waals surface area contributed by atoms with Gasteiger partial charge in [0.15, 0.2) is 0 Å². The van der Waals surface area contributed by atoms with Crippen molar-refractivity contribution in [3.63, 3.8) is 0 Å². The summed E-state index contributed by atoms with van der Waals surface area (Å²) in [4.78, 5) is 6.78. The van der Waals surface area contributed by atoms with Crippen LogP contribution in [0, 0.1) is 0 Å². The summed E-state index contributed by atoms with van der Waals surface area (Å²) in [5, 5.41) is 3.53. The predicted molar refractivity (Wildman–Crippen MR) is 85.3 cm³/mol. The molecule has 0 amide bonds. The van der Waals surface area contributed by atoms with Crippen LogP contribution in [0.4, 0.5) is 5.69 Å². The van der Waals surface area contributed by atoms with Crippen molar-refractivity contribution in [2.24, 2.45) is 0 Å². The molecule has 1 rings (SSSR count). The van der Waals surface area contributed by atoms with Gasteiger partial charge in [0.25, 0.3) is 0 Å². The van der Waals surface area contributed by atoms with Crippen molar-refractivity contribution in [2.75, 3.05) is 38.3 Å². The fourth-order valence-corrected chi connectivity index (χ4v) is 2.08. The number of pyridine rings is 1. The van der Waals surface area contributed by atoms with Crippen molar-refractivity contribution >= 4 is 5.69 Å². The van der Waals surface area contributed by atoms with Crippen LogP contribution < -0.4 is 10.2 Å². The zero-order valence-corrected chi connectivity index (χ0v) is 13.4. The Kier molecular flexibility index (Phi) is 8.23. The highest BCUT2D eigenvalue weighted by Crippen LogP contribution is 2.17. The Morgan fingerprint density at radius 1 is 1.30 bits per heavy atom. The Bertz CT molecular complexity index is 353. The molecule has 114 valence electrons. The number of rotatable bonds is 10. The number of nitrogens with zero attached hydrogens (tertiary/aromatic N) is 2. The van der Waals surface area contributed by atoms with Crippen LogP contribution in [0.3, 0.4) is 0 Å². The minimum Gasteiger partial charge on any atom is -0.380 e. The highest BCUT2D eigenvalue weighted by molar-refractivity contribution is 5.43. The Balaban J connectivity index is 2.57. The van der Waals surface area contributed by atoms with Crippen LogP contribution >= 0.6 is 0 Å². The first-order chi connectivity index (χ1) is 9.72. The van der Waals surface area contributed by atoms with Crippen LogP contribution in [0.1, 0.15) is 45.3 Å². The fraction of sp³-hybridized carbons (Fsp3) is 0.688. The number of ether oxygens (including phenoxy) is 1. The summed E-state index contributed by atoms with van der Waals surface area (Å²) in [7, 11) is 2.07. The molecule has 0 saturated carbocycles. The molecular formula is C16H29N3O. The van der Waals surface area contributed by atoms with E-state index in [1.807, 2.05) is 13.1 Å². The molecule has 0 aliphatic rings. The smallest absolute Gasteiger partial charge is 0.0641 e. The summed E-state index contributed by atoms with van der Waals surface area (Å²) >= 11 is 0. The third-order valence-corrected chi connectivity index (χ3v) is 3.39. The number of anilines is 1. The molecule has 4 heteroatoms. The van der Waals surface area contributed by atoms with Crippen LogP contribution in [-0.4, -0.2) is 38.3 Å². The van der Waals surface area contributed by atoms with Crippen LogP contribution in [0.2, 0.25) is 0 Å². The molecule has 0 aliphatic heterocycles. The van der Waals surface area contributed by atoms with E-state index in [0.717, 1.165) is 50.5 Å². The van der Waals surface area contributed by atoms with Gasteiger partial charge in [-0.3, -0.25) is 4.98 Å². The van der Waals surface area contributed by atoms with Gasteiger partial charge in [0.1, 0.15) is 0 Å². The maximum Gasteiger partial charge on any atom is 0.0641 e. The molecule has 1 atom stereocenters. The highest BCUT2D eigenvalue weighted by atomic mass is 16.5. The second kappa shape index (κ2) is 9.72. The molecule has 0 radical (unpaired) electrons. The summed E-state index contributed by atoms with van der Waals surface area (Å²) in [6.07, 6.45) is 4.17. The van der Waals surface area contributed by atoms with Crippen molar-refractivity contribution in [3.05, 3.63) is 24.0 Å². The third kappa shape index (κ3) is 5.47. The van der Waals surface area contributed by atoms with Crippen molar-refractivity contribution in [3.8, 4) is 0 Å². The molecule has 0 bridgehead atoms. The van der Waals surface area contributed by atoms with E-state index in [1.165, 1.54) is 0 Å². The zero-order valence-electron chi connectivity index (χ0n) is 13.4. The number of likely N-dealkylation sites (N-methyl/N-ethyl adjacent to an activating group) is 1. The molecule has 1 aromatic heterocycles. The standard InChI is InChI=1S/C16H29N3O/c1-5-10-17-15(6-2)16-9-8-14(13-18-16)19(4)11-12-20-7-3/h8-9,13,15,17H,5-7,10-12H2,1-4H3. The van der Waals surface area contributed by atoms with Gasteiger partial charge < -0.3 is 15.0 Å². The summed E-state index contributed by atoms with van der Waals surface area (Å²) in [6.45, 7) is 9.85. The van der Waals surface area contributed by atoms with Gasteiger partial charge in [0.2, 0.25) is 0 Å². The molecule has 0 fully saturated rings. The van der Waals surface area contributed by atoms with Gasteiger partial charge in [0.05, 0.1) is 24.2 Å². The minimum absolute atomic E-state index is 0.359. The van der Waals surface area contributed by atoms with E-state index in [2.05, 4.69) is 48.2 Å². The molecule has 0 aromatic carbocycles. The van der Waals surface area contributed by atoms with Crippen LogP contribution in [0.5, 0.6) is 0 Å². The van der Waals surface area contributed by atoms with E-state index in [-0.39, 0.29) is 0 Å². The first kappa shape index (κ1) is 16.9. The number of hydrogen-bond acceptors (Lipinski definition) is 4. The summed E-state index contributed by atoms with van der Waals surface area (Å²) in [6, 6.07) is 4.63. The number of nitrogens with one attached hydrogen (secondary N) is 1. The molecular weight excluding hydrogens is 250 g/mol. The van der Waals surface area contributed by atoms with Crippen molar-refractivity contribution in [1.29, 1.82) is 0 Å². The Labute approximate surface area is 123 Å². The maximum atomic E-state index is 5.38. The lowest BCUT2D eigenvalue weighted by atomic mass is 10.1. The number of hydrogen-bond donors (Lipinski definition) is 1. The van der Waals surface area contributed by atoms with Gasteiger partial charge in [-0.1, -0.05) is 13.8 Å². The maximum absolute atomic E-state index is 5.38. The van der Waals surface area contributed by atoms with Gasteiger partial charge in [-0.05, 0) is 38.4 Å². The van der Waals surface area contributed by atoms with Crippen LogP contribution in [0.25, 0.3) is 0 Å². The Hall–Kier alpha value is -1.13. The molecule has 0 spiro atoms. The molecule has 0 aliphatic carbocycles. The zero-order chi connectivity index (χ0) is 14.8. The SMILES string of the molecule is CCCNC(CC)c1ccc(N(C)CCOCC)cn1. The lowest BCUT2D eigenvalue weighted by Gasteiger charge is -2.20. The Morgan fingerprint density at radius 3 is 2.65 bits per heavy atom. The summed E-state index contributed by atoms with van der Waals surface area (Å²) in [5.41, 5.74) is 2.27. The first-order valence-corrected chi connectivity index (χ1v) is 7.71. The van der Waals surface area contributed by atoms with Crippen LogP contribution in [0.15, 0.2) is 18.3 Å². The highest BCUT2D eigenvalue weighted by Gasteiger charge is 2.10. The monoisotopic (exact) mass is 279 g/mol. The summed E-state index contributed by atoms with van der Waals surface area (Å²) < 4.78 is 5.38. The second-order valence-electron chi connectivity index (χ2n) is 4.97. The van der Waals surface area contributed by atoms with Crippen molar-refractivity contribution < 1.29 is 4.74 Å². The van der Waals surface area contributed by atoms with E-state index in [0.29, 0.717) is 6.04 Å². The Morgan fingerprint density at radius 2 is 2.10 bits per heavy atom. The minimum atomic E-state index is 0.359. The van der Waals surface area contributed by atoms with E-state index >= 15 is 0 Å². The van der Waals surface area contributed by atoms with Gasteiger partial charge in [-0.15, -0.1) is 0 Å². The van der Waals surface area contributed by atoms with Gasteiger partial charge >= 0.3 is 0 Å². The van der Waals surface area contributed by atoms with Gasteiger partial charge in [-0.2, -0.15) is 0 Å². The lowest BCUT2D eigenvalue weighted by Crippen LogP contribution is -2.24. The predicted octanol–water partition coefficient (Wildman–Crippen LogP) is 3.01. The van der Waals surface area contributed by atoms with Gasteiger partial charge in [-0.25, -0.2) is 0 Å². The average Bonchev–Trinajstić information content (AvgIpc) is 2.49. The number of aromatic nitrogens is 1. The average molecular weight is 279 g/mol. The van der Waals surface area contributed by atoms with E-state index in [1.54, 1.807) is 0 Å². The quantitative estimate of drug-likeness (QED) is 0.668. The molecule has 1 unspecified atom stereocenters. The molecule has 4 nitrogen and oxygen atoms in total. The van der Waals surface area contributed by atoms with E-state index < -0.39 is 0 Å². The fourth-order valence-electron chi connectivity index (χ4n) is 2.08. The van der Waals surface area contributed by atoms with Crippen molar-refractivity contribution in [2.45, 2.75) is 39.7 Å². The molecule has 1 N–H and O–H groups in total. The lowest BCUT2D eigenvalue weighted by molar-refractivity contribution is 0.154. The van der Waals surface area contributed by atoms with E-state index in [4.69, 9.17) is 4.74 Å². The second-order valence-corrected chi connectivity index (χ2v) is 4.97. The third-order valence-electron chi connectivity index (χ3n) is 3.39. The molecule has 20 heavy (non-hydrogen) atoms. The normalized spacial score (nSPS) is 12.4. The van der Waals surface area contributed by atoms with E-state index in [9.17, 15) is 0 Å². The molecule has 1 aromatic rings. The van der Waals surface area contributed by atoms with Crippen LogP contribution in [-0.2, 0) is 4.74 Å². The molecule has 1 heterocycles. The van der Waals surface area contributed by atoms with Crippen molar-refractivity contribution in [1.82, 2.24) is 10.3 Å². The van der Waals surface area contributed by atoms with Gasteiger partial charge in [0, 0.05) is 26.2 Å².